The van der Waals surface area contributed by atoms with Gasteiger partial charge in [0.25, 0.3) is 5.91 Å². The lowest BCUT2D eigenvalue weighted by molar-refractivity contribution is -0.139. The second-order valence-electron chi connectivity index (χ2n) is 19.4. The van der Waals surface area contributed by atoms with Crippen LogP contribution < -0.4 is 30.1 Å². The zero-order valence-corrected chi connectivity index (χ0v) is 41.8. The van der Waals surface area contributed by atoms with Crippen molar-refractivity contribution in [3.05, 3.63) is 99.9 Å². The van der Waals surface area contributed by atoms with E-state index in [1.54, 1.807) is 45.6 Å². The summed E-state index contributed by atoms with van der Waals surface area (Å²) in [7, 11) is -3.82. The molecule has 5 aliphatic heterocycles. The summed E-state index contributed by atoms with van der Waals surface area (Å²) in [5.41, 5.74) is 3.93. The zero-order chi connectivity index (χ0) is 50.8. The van der Waals surface area contributed by atoms with Gasteiger partial charge in [-0.05, 0) is 99.5 Å². The standard InChI is InChI=1S/C51H52ClN7O11S2/c1-51(2)26-32(53-31-8-4-7-30(25-31)45-43(52)44(70-27-41(61)62)46(71-45)49(65)66)16-21-58(51)72(68,69)28-29-6-3-9-34(24-29)57-23-22-56(50(57)67)33-17-19-55(20-18-33)37-12-13-38-42-35(37)10-5-11-36(42)48(64)59(38)39-14-15-40(60)54-47(39)63/h3-13,24-25,32-33,39,53H,14-23,26-28H2,1-2H3,(H,61,62)(H,65,66)(H,54,60,63)/t32-,39?/m0/s1. The van der Waals surface area contributed by atoms with Crippen molar-refractivity contribution in [3.63, 3.8) is 0 Å². The maximum Gasteiger partial charge on any atom is 0.349 e. The molecule has 6 heterocycles. The number of carbonyl (C=O) groups excluding carboxylic acids is 4. The van der Waals surface area contributed by atoms with E-state index < -0.39 is 46.1 Å². The van der Waals surface area contributed by atoms with Crippen LogP contribution in [-0.4, -0.2) is 127 Å². The van der Waals surface area contributed by atoms with Crippen molar-refractivity contribution >= 4 is 102 Å². The minimum absolute atomic E-state index is 0.000483. The number of nitrogens with zero attached hydrogens (tertiary/aromatic N) is 5. The van der Waals surface area contributed by atoms with Gasteiger partial charge in [0, 0.05) is 90.2 Å². The molecule has 10 rings (SSSR count). The van der Waals surface area contributed by atoms with Crippen LogP contribution in [0.15, 0.2) is 78.9 Å². The Kier molecular flexibility index (Phi) is 12.9. The molecular weight excluding hydrogens is 986 g/mol. The van der Waals surface area contributed by atoms with E-state index in [1.807, 2.05) is 61.2 Å². The number of ether oxygens (including phenoxy) is 1. The first-order valence-corrected chi connectivity index (χ1v) is 26.6. The number of rotatable bonds is 14. The summed E-state index contributed by atoms with van der Waals surface area (Å²) in [4.78, 5) is 83.2. The third-order valence-corrected chi connectivity index (χ3v) is 18.1. The fourth-order valence-corrected chi connectivity index (χ4v) is 14.5. The maximum absolute atomic E-state index is 14.2. The number of urea groups is 1. The van der Waals surface area contributed by atoms with Crippen molar-refractivity contribution in [3.8, 4) is 16.2 Å². The number of hydrogen-bond acceptors (Lipinski definition) is 12. The molecule has 21 heteroatoms. The SMILES string of the molecule is CC1(C)C[C@@H](Nc2cccc(-c3sc(C(=O)O)c(OCC(=O)O)c3Cl)c2)CCN1S(=O)(=O)Cc1cccc(N2CCN(C3CCN(c4ccc5c6c(cccc46)C(=O)N5C4CCC(=O)NC4=O)CC3)C2=O)c1. The number of carboxylic acids is 2. The predicted octanol–water partition coefficient (Wildman–Crippen LogP) is 7.24. The highest BCUT2D eigenvalue weighted by molar-refractivity contribution is 7.88. The van der Waals surface area contributed by atoms with Crippen molar-refractivity contribution in [2.75, 3.05) is 59.3 Å². The molecule has 1 aromatic heterocycles. The molecule has 4 fully saturated rings. The van der Waals surface area contributed by atoms with Crippen LogP contribution in [-0.2, 0) is 30.2 Å². The molecule has 5 amide bonds. The molecule has 4 N–H and O–H groups in total. The molecule has 5 aromatic rings. The summed E-state index contributed by atoms with van der Waals surface area (Å²) in [5, 5.41) is 26.4. The van der Waals surface area contributed by atoms with E-state index in [1.165, 1.54) is 4.90 Å². The average Bonchev–Trinajstić information content (AvgIpc) is 3.98. The lowest BCUT2D eigenvalue weighted by Crippen LogP contribution is -2.55. The third kappa shape index (κ3) is 9.09. The highest BCUT2D eigenvalue weighted by Gasteiger charge is 2.44. The van der Waals surface area contributed by atoms with Crippen molar-refractivity contribution < 1.29 is 52.1 Å². The Bertz CT molecular complexity index is 3190. The summed E-state index contributed by atoms with van der Waals surface area (Å²) in [6.07, 6.45) is 2.87. The summed E-state index contributed by atoms with van der Waals surface area (Å²) in [6.45, 7) is 5.67. The van der Waals surface area contributed by atoms with Crippen LogP contribution in [0.4, 0.5) is 27.5 Å². The summed E-state index contributed by atoms with van der Waals surface area (Å²) in [5.74, 6) is -4.08. The molecule has 1 unspecified atom stereocenters. The number of benzene rings is 4. The fraction of sp³-hybridized carbons (Fsp3) is 0.373. The topological polar surface area (TPSA) is 227 Å². The fourth-order valence-electron chi connectivity index (χ4n) is 11.2. The highest BCUT2D eigenvalue weighted by atomic mass is 35.5. The Morgan fingerprint density at radius 1 is 0.889 bits per heavy atom. The Balaban J connectivity index is 0.757. The molecule has 72 heavy (non-hydrogen) atoms. The lowest BCUT2D eigenvalue weighted by Gasteiger charge is -2.45. The number of carbonyl (C=O) groups is 6. The number of aromatic carboxylic acids is 1. The normalized spacial score (nSPS) is 20.7. The van der Waals surface area contributed by atoms with Gasteiger partial charge in [-0.1, -0.05) is 48.0 Å². The van der Waals surface area contributed by atoms with Gasteiger partial charge in [0.15, 0.2) is 17.2 Å². The van der Waals surface area contributed by atoms with Crippen LogP contribution in [0, 0.1) is 0 Å². The Labute approximate surface area is 424 Å². The van der Waals surface area contributed by atoms with Gasteiger partial charge in [-0.15, -0.1) is 11.3 Å². The van der Waals surface area contributed by atoms with Gasteiger partial charge in [-0.2, -0.15) is 4.31 Å². The lowest BCUT2D eigenvalue weighted by atomic mass is 9.89. The van der Waals surface area contributed by atoms with Crippen molar-refractivity contribution in [2.45, 2.75) is 81.8 Å². The van der Waals surface area contributed by atoms with E-state index in [-0.39, 0.29) is 70.7 Å². The van der Waals surface area contributed by atoms with Gasteiger partial charge in [-0.25, -0.2) is 22.8 Å². The van der Waals surface area contributed by atoms with E-state index in [0.717, 1.165) is 40.6 Å². The Morgan fingerprint density at radius 3 is 2.38 bits per heavy atom. The molecule has 0 bridgehead atoms. The summed E-state index contributed by atoms with van der Waals surface area (Å²) in [6, 6.07) is 22.9. The van der Waals surface area contributed by atoms with Crippen LogP contribution in [0.3, 0.4) is 0 Å². The van der Waals surface area contributed by atoms with E-state index in [2.05, 4.69) is 15.5 Å². The third-order valence-electron chi connectivity index (χ3n) is 14.4. The number of hydrogen-bond donors (Lipinski definition) is 4. The second kappa shape index (κ2) is 19.0. The smallest absolute Gasteiger partial charge is 0.349 e. The second-order valence-corrected chi connectivity index (χ2v) is 22.7. The number of nitrogens with one attached hydrogen (secondary N) is 2. The molecule has 0 radical (unpaired) electrons. The Morgan fingerprint density at radius 2 is 1.64 bits per heavy atom. The van der Waals surface area contributed by atoms with E-state index >= 15 is 0 Å². The molecule has 4 saturated heterocycles. The molecule has 0 spiro atoms. The van der Waals surface area contributed by atoms with Crippen molar-refractivity contribution in [2.24, 2.45) is 0 Å². The molecule has 0 aliphatic carbocycles. The van der Waals surface area contributed by atoms with Gasteiger partial charge >= 0.3 is 18.0 Å². The van der Waals surface area contributed by atoms with Crippen molar-refractivity contribution in [1.29, 1.82) is 0 Å². The molecule has 2 atom stereocenters. The molecule has 0 saturated carbocycles. The number of halogens is 1. The maximum atomic E-state index is 14.2. The number of sulfonamides is 1. The number of carboxylic acid groups (broad SMARTS) is 2. The number of aliphatic carboxylic acids is 1. The quantitative estimate of drug-likeness (QED) is 0.0806. The first kappa shape index (κ1) is 48.9. The number of thiophene rings is 1. The molecule has 18 nitrogen and oxygen atoms in total. The summed E-state index contributed by atoms with van der Waals surface area (Å²) < 4.78 is 35.2. The molecule has 4 aromatic carbocycles. The number of piperidine rings is 3. The largest absolute Gasteiger partial charge is 0.479 e. The monoisotopic (exact) mass is 1040 g/mol. The van der Waals surface area contributed by atoms with Crippen LogP contribution in [0.1, 0.15) is 78.0 Å². The van der Waals surface area contributed by atoms with E-state index in [4.69, 9.17) is 21.4 Å². The highest BCUT2D eigenvalue weighted by Crippen LogP contribution is 2.47. The molecular formula is C51H52ClN7O11S2. The first-order chi connectivity index (χ1) is 34.4. The number of imide groups is 1. The first-order valence-electron chi connectivity index (χ1n) is 23.8. The van der Waals surface area contributed by atoms with E-state index in [0.29, 0.717) is 77.7 Å². The predicted molar refractivity (Wildman–Crippen MR) is 273 cm³/mol. The van der Waals surface area contributed by atoms with Gasteiger partial charge in [0.1, 0.15) is 11.1 Å². The van der Waals surface area contributed by atoms with Gasteiger partial charge < -0.3 is 30.1 Å². The van der Waals surface area contributed by atoms with Gasteiger partial charge in [-0.3, -0.25) is 29.5 Å². The van der Waals surface area contributed by atoms with Crippen LogP contribution in [0.25, 0.3) is 21.2 Å². The zero-order valence-electron chi connectivity index (χ0n) is 39.4. The Hall–Kier alpha value is -6.74. The van der Waals surface area contributed by atoms with Gasteiger partial charge in [0.05, 0.1) is 16.3 Å². The number of amides is 5. The van der Waals surface area contributed by atoms with Crippen LogP contribution in [0.5, 0.6) is 5.75 Å². The van der Waals surface area contributed by atoms with Crippen LogP contribution >= 0.6 is 22.9 Å². The van der Waals surface area contributed by atoms with Crippen LogP contribution in [0.2, 0.25) is 5.02 Å². The van der Waals surface area contributed by atoms with E-state index in [9.17, 15) is 42.3 Å². The van der Waals surface area contributed by atoms with Gasteiger partial charge in [0.2, 0.25) is 21.8 Å². The number of anilines is 4. The van der Waals surface area contributed by atoms with Crippen molar-refractivity contribution in [1.82, 2.24) is 14.5 Å². The minimum Gasteiger partial charge on any atom is -0.479 e. The average molecular weight is 1040 g/mol. The minimum atomic E-state index is -3.82. The molecule has 376 valence electrons. The summed E-state index contributed by atoms with van der Waals surface area (Å²) >= 11 is 7.43. The molecule has 5 aliphatic rings.